The summed E-state index contributed by atoms with van der Waals surface area (Å²) in [4.78, 5) is 12.2. The Balaban J connectivity index is 1.82. The van der Waals surface area contributed by atoms with E-state index in [4.69, 9.17) is 4.74 Å². The zero-order chi connectivity index (χ0) is 16.2. The van der Waals surface area contributed by atoms with Gasteiger partial charge >= 0.3 is 6.03 Å². The molecule has 0 atom stereocenters. The van der Waals surface area contributed by atoms with Gasteiger partial charge in [-0.05, 0) is 24.3 Å². The second kappa shape index (κ2) is 6.27. The minimum absolute atomic E-state index is 0.180. The molecule has 0 aromatic heterocycles. The Kier molecular flexibility index (Phi) is 4.01. The number of methoxy groups -OCH3 is 1. The molecular weight excluding hydrogens is 292 g/mol. The molecule has 2 amide bonds. The molecule has 116 valence electrons. The fourth-order valence-electron chi connectivity index (χ4n) is 2.39. The summed E-state index contributed by atoms with van der Waals surface area (Å²) in [5, 5.41) is 16.9. The lowest BCUT2D eigenvalue weighted by molar-refractivity contribution is 0.262. The highest BCUT2D eigenvalue weighted by molar-refractivity contribution is 6.07. The topological polar surface area (TPSA) is 70.6 Å². The predicted molar refractivity (Wildman–Crippen MR) is 91.2 cm³/mol. The SMILES string of the molecule is COc1cccc(NC(=O)Nc2cccc3c(O)cccc23)c1. The van der Waals surface area contributed by atoms with Gasteiger partial charge in [0.1, 0.15) is 11.5 Å². The van der Waals surface area contributed by atoms with Crippen molar-refractivity contribution >= 4 is 28.2 Å². The number of aromatic hydroxyl groups is 1. The number of anilines is 2. The van der Waals surface area contributed by atoms with Crippen LogP contribution in [0.15, 0.2) is 60.7 Å². The highest BCUT2D eigenvalue weighted by Crippen LogP contribution is 2.29. The van der Waals surface area contributed by atoms with Crippen LogP contribution in [-0.4, -0.2) is 18.2 Å². The van der Waals surface area contributed by atoms with Crippen molar-refractivity contribution in [1.82, 2.24) is 0 Å². The van der Waals surface area contributed by atoms with Crippen LogP contribution >= 0.6 is 0 Å². The summed E-state index contributed by atoms with van der Waals surface area (Å²) < 4.78 is 5.13. The maximum absolute atomic E-state index is 12.2. The van der Waals surface area contributed by atoms with Gasteiger partial charge in [-0.25, -0.2) is 4.79 Å². The lowest BCUT2D eigenvalue weighted by atomic mass is 10.1. The van der Waals surface area contributed by atoms with Gasteiger partial charge in [0.25, 0.3) is 0 Å². The number of phenols is 1. The highest BCUT2D eigenvalue weighted by atomic mass is 16.5. The van der Waals surface area contributed by atoms with Crippen LogP contribution in [0, 0.1) is 0 Å². The van der Waals surface area contributed by atoms with E-state index in [1.165, 1.54) is 0 Å². The summed E-state index contributed by atoms with van der Waals surface area (Å²) in [5.74, 6) is 0.845. The zero-order valence-electron chi connectivity index (χ0n) is 12.5. The molecule has 23 heavy (non-hydrogen) atoms. The maximum Gasteiger partial charge on any atom is 0.323 e. The second-order valence-corrected chi connectivity index (χ2v) is 4.99. The number of nitrogens with one attached hydrogen (secondary N) is 2. The van der Waals surface area contributed by atoms with Gasteiger partial charge in [-0.3, -0.25) is 0 Å². The number of amides is 2. The third-order valence-corrected chi connectivity index (χ3v) is 3.47. The zero-order valence-corrected chi connectivity index (χ0v) is 12.5. The first-order valence-corrected chi connectivity index (χ1v) is 7.10. The molecule has 3 aromatic rings. The molecule has 0 fully saturated rings. The lowest BCUT2D eigenvalue weighted by Gasteiger charge is -2.11. The van der Waals surface area contributed by atoms with Crippen molar-refractivity contribution in [3.05, 3.63) is 60.7 Å². The molecule has 0 aliphatic heterocycles. The molecule has 0 saturated carbocycles. The summed E-state index contributed by atoms with van der Waals surface area (Å²) in [6.07, 6.45) is 0. The van der Waals surface area contributed by atoms with Crippen LogP contribution in [0.5, 0.6) is 11.5 Å². The van der Waals surface area contributed by atoms with Crippen LogP contribution in [0.4, 0.5) is 16.2 Å². The normalized spacial score (nSPS) is 10.3. The number of benzene rings is 3. The van der Waals surface area contributed by atoms with E-state index in [1.807, 2.05) is 6.07 Å². The largest absolute Gasteiger partial charge is 0.507 e. The second-order valence-electron chi connectivity index (χ2n) is 4.99. The average Bonchev–Trinajstić information content (AvgIpc) is 2.56. The van der Waals surface area contributed by atoms with Crippen LogP contribution in [0.1, 0.15) is 0 Å². The Morgan fingerprint density at radius 1 is 0.957 bits per heavy atom. The van der Waals surface area contributed by atoms with Crippen molar-refractivity contribution in [3.8, 4) is 11.5 Å². The first kappa shape index (κ1) is 14.7. The fraction of sp³-hybridized carbons (Fsp3) is 0.0556. The van der Waals surface area contributed by atoms with Gasteiger partial charge in [-0.2, -0.15) is 0 Å². The summed E-state index contributed by atoms with van der Waals surface area (Å²) in [7, 11) is 1.57. The van der Waals surface area contributed by atoms with E-state index in [0.29, 0.717) is 22.5 Å². The van der Waals surface area contributed by atoms with Crippen LogP contribution in [0.2, 0.25) is 0 Å². The number of fused-ring (bicyclic) bond motifs is 1. The minimum atomic E-state index is -0.367. The molecule has 3 aromatic carbocycles. The molecule has 0 radical (unpaired) electrons. The van der Waals surface area contributed by atoms with Crippen molar-refractivity contribution in [3.63, 3.8) is 0 Å². The minimum Gasteiger partial charge on any atom is -0.507 e. The smallest absolute Gasteiger partial charge is 0.323 e. The molecule has 5 nitrogen and oxygen atoms in total. The van der Waals surface area contributed by atoms with Gasteiger partial charge < -0.3 is 20.5 Å². The van der Waals surface area contributed by atoms with Crippen LogP contribution in [-0.2, 0) is 0 Å². The van der Waals surface area contributed by atoms with E-state index >= 15 is 0 Å². The number of urea groups is 1. The maximum atomic E-state index is 12.2. The molecule has 5 heteroatoms. The Morgan fingerprint density at radius 2 is 1.70 bits per heavy atom. The van der Waals surface area contributed by atoms with Crippen molar-refractivity contribution in [2.75, 3.05) is 17.7 Å². The molecular formula is C18H16N2O3. The van der Waals surface area contributed by atoms with E-state index in [0.717, 1.165) is 5.39 Å². The molecule has 3 rings (SSSR count). The quantitative estimate of drug-likeness (QED) is 0.679. The molecule has 0 bridgehead atoms. The molecule has 0 spiro atoms. The summed E-state index contributed by atoms with van der Waals surface area (Å²) in [6, 6.07) is 17.3. The van der Waals surface area contributed by atoms with Crippen LogP contribution < -0.4 is 15.4 Å². The number of phenolic OH excluding ortho intramolecular Hbond substituents is 1. The summed E-state index contributed by atoms with van der Waals surface area (Å²) >= 11 is 0. The van der Waals surface area contributed by atoms with Crippen LogP contribution in [0.3, 0.4) is 0 Å². The lowest BCUT2D eigenvalue weighted by Crippen LogP contribution is -2.19. The Labute approximate surface area is 133 Å². The molecule has 0 aliphatic rings. The number of hydrogen-bond donors (Lipinski definition) is 3. The number of rotatable bonds is 3. The van der Waals surface area contributed by atoms with E-state index in [1.54, 1.807) is 61.7 Å². The summed E-state index contributed by atoms with van der Waals surface area (Å²) in [6.45, 7) is 0. The third-order valence-electron chi connectivity index (χ3n) is 3.47. The number of hydrogen-bond acceptors (Lipinski definition) is 3. The molecule has 0 aliphatic carbocycles. The Morgan fingerprint density at radius 3 is 2.52 bits per heavy atom. The van der Waals surface area contributed by atoms with E-state index < -0.39 is 0 Å². The first-order valence-electron chi connectivity index (χ1n) is 7.10. The monoisotopic (exact) mass is 308 g/mol. The van der Waals surface area contributed by atoms with E-state index in [-0.39, 0.29) is 11.8 Å². The van der Waals surface area contributed by atoms with Crippen molar-refractivity contribution in [2.24, 2.45) is 0 Å². The van der Waals surface area contributed by atoms with Gasteiger partial charge in [0.05, 0.1) is 12.8 Å². The van der Waals surface area contributed by atoms with Gasteiger partial charge in [0.2, 0.25) is 0 Å². The average molecular weight is 308 g/mol. The van der Waals surface area contributed by atoms with Gasteiger partial charge in [-0.15, -0.1) is 0 Å². The molecule has 0 saturated heterocycles. The molecule has 0 heterocycles. The van der Waals surface area contributed by atoms with Crippen molar-refractivity contribution in [2.45, 2.75) is 0 Å². The molecule has 3 N–H and O–H groups in total. The first-order chi connectivity index (χ1) is 11.2. The third kappa shape index (κ3) is 3.18. The van der Waals surface area contributed by atoms with Crippen molar-refractivity contribution in [1.29, 1.82) is 0 Å². The Bertz CT molecular complexity index is 862. The summed E-state index contributed by atoms with van der Waals surface area (Å²) in [5.41, 5.74) is 1.25. The number of ether oxygens (including phenoxy) is 1. The fourth-order valence-corrected chi connectivity index (χ4v) is 2.39. The highest BCUT2D eigenvalue weighted by Gasteiger charge is 2.08. The van der Waals surface area contributed by atoms with E-state index in [9.17, 15) is 9.90 Å². The predicted octanol–water partition coefficient (Wildman–Crippen LogP) is 4.20. The number of carbonyl (C=O) groups is 1. The van der Waals surface area contributed by atoms with Gasteiger partial charge in [0, 0.05) is 22.5 Å². The Hall–Kier alpha value is -3.21. The van der Waals surface area contributed by atoms with Crippen molar-refractivity contribution < 1.29 is 14.6 Å². The van der Waals surface area contributed by atoms with Gasteiger partial charge in [0.15, 0.2) is 0 Å². The van der Waals surface area contributed by atoms with E-state index in [2.05, 4.69) is 10.6 Å². The number of carbonyl (C=O) groups excluding carboxylic acids is 1. The standard InChI is InChI=1S/C18H16N2O3/c1-23-13-6-2-5-12(11-13)19-18(22)20-16-9-3-8-15-14(16)7-4-10-17(15)21/h2-11,21H,1H3,(H2,19,20,22). The molecule has 0 unspecified atom stereocenters. The van der Waals surface area contributed by atoms with Crippen LogP contribution in [0.25, 0.3) is 10.8 Å². The van der Waals surface area contributed by atoms with Gasteiger partial charge in [-0.1, -0.05) is 30.3 Å².